The van der Waals surface area contributed by atoms with Gasteiger partial charge >= 0.3 is 0 Å². The Kier molecular flexibility index (Phi) is 4.27. The normalized spacial score (nSPS) is 24.7. The van der Waals surface area contributed by atoms with Gasteiger partial charge in [-0.05, 0) is 66.5 Å². The molecule has 0 spiro atoms. The maximum atomic E-state index is 12.8. The molecule has 2 saturated heterocycles. The second-order valence-electron chi connectivity index (χ2n) is 5.74. The Morgan fingerprint density at radius 1 is 1.19 bits per heavy atom. The first-order chi connectivity index (χ1) is 9.98. The van der Waals surface area contributed by atoms with Crippen molar-refractivity contribution in [1.82, 2.24) is 9.21 Å². The Hall–Kier alpha value is -0.630. The summed E-state index contributed by atoms with van der Waals surface area (Å²) in [6, 6.07) is 5.22. The van der Waals surface area contributed by atoms with Crippen molar-refractivity contribution in [3.63, 3.8) is 0 Å². The van der Waals surface area contributed by atoms with Crippen LogP contribution in [-0.2, 0) is 10.0 Å². The van der Waals surface area contributed by atoms with Crippen LogP contribution in [0.3, 0.4) is 0 Å². The predicted octanol–water partition coefficient (Wildman–Crippen LogP) is 1.89. The van der Waals surface area contributed by atoms with Crippen LogP contribution in [0.25, 0.3) is 0 Å². The van der Waals surface area contributed by atoms with E-state index in [4.69, 9.17) is 5.73 Å². The number of benzene rings is 1. The van der Waals surface area contributed by atoms with Crippen molar-refractivity contribution < 1.29 is 8.42 Å². The molecule has 1 atom stereocenters. The minimum Gasteiger partial charge on any atom is -0.399 e. The van der Waals surface area contributed by atoms with Gasteiger partial charge in [-0.15, -0.1) is 0 Å². The van der Waals surface area contributed by atoms with Gasteiger partial charge in [0.15, 0.2) is 0 Å². The fourth-order valence-electron chi connectivity index (χ4n) is 3.20. The summed E-state index contributed by atoms with van der Waals surface area (Å²) >= 11 is 3.32. The number of nitrogens with zero attached hydrogens (tertiary/aromatic N) is 2. The first-order valence-electron chi connectivity index (χ1n) is 7.28. The van der Waals surface area contributed by atoms with Crippen molar-refractivity contribution in [3.8, 4) is 0 Å². The lowest BCUT2D eigenvalue weighted by Gasteiger charge is -2.23. The number of likely N-dealkylation sites (tertiary alicyclic amines) is 1. The SMILES string of the molecule is Nc1ccc(S(=O)(=O)N2CCC(N3CCCC3)C2)c(Br)c1. The van der Waals surface area contributed by atoms with E-state index in [1.807, 2.05) is 0 Å². The van der Waals surface area contributed by atoms with Crippen molar-refractivity contribution in [3.05, 3.63) is 22.7 Å². The average molecular weight is 374 g/mol. The molecule has 5 nitrogen and oxygen atoms in total. The Labute approximate surface area is 134 Å². The van der Waals surface area contributed by atoms with Gasteiger partial charge in [0.2, 0.25) is 10.0 Å². The van der Waals surface area contributed by atoms with Crippen LogP contribution >= 0.6 is 15.9 Å². The molecule has 2 aliphatic rings. The van der Waals surface area contributed by atoms with E-state index >= 15 is 0 Å². The van der Waals surface area contributed by atoms with Gasteiger partial charge in [0.1, 0.15) is 0 Å². The highest BCUT2D eigenvalue weighted by Gasteiger charge is 2.36. The maximum Gasteiger partial charge on any atom is 0.244 e. The van der Waals surface area contributed by atoms with E-state index in [1.54, 1.807) is 22.5 Å². The number of hydrogen-bond acceptors (Lipinski definition) is 4. The van der Waals surface area contributed by atoms with E-state index in [-0.39, 0.29) is 0 Å². The molecule has 2 fully saturated rings. The van der Waals surface area contributed by atoms with Crippen LogP contribution in [-0.4, -0.2) is 49.8 Å². The molecule has 0 bridgehead atoms. The zero-order valence-electron chi connectivity index (χ0n) is 11.8. The molecule has 2 aliphatic heterocycles. The third kappa shape index (κ3) is 2.97. The molecule has 21 heavy (non-hydrogen) atoms. The summed E-state index contributed by atoms with van der Waals surface area (Å²) in [7, 11) is -3.44. The standard InChI is InChI=1S/C14H20BrN3O2S/c15-13-9-11(16)3-4-14(13)21(19,20)18-8-5-12(10-18)17-6-1-2-7-17/h3-4,9,12H,1-2,5-8,10,16H2. The second kappa shape index (κ2) is 5.87. The van der Waals surface area contributed by atoms with E-state index in [9.17, 15) is 8.42 Å². The van der Waals surface area contributed by atoms with E-state index in [1.165, 1.54) is 12.8 Å². The molecule has 2 heterocycles. The van der Waals surface area contributed by atoms with E-state index in [2.05, 4.69) is 20.8 Å². The Balaban J connectivity index is 1.79. The van der Waals surface area contributed by atoms with Gasteiger partial charge in [-0.2, -0.15) is 4.31 Å². The number of sulfonamides is 1. The number of halogens is 1. The van der Waals surface area contributed by atoms with Crippen LogP contribution < -0.4 is 5.73 Å². The highest BCUT2D eigenvalue weighted by molar-refractivity contribution is 9.10. The molecule has 1 aromatic rings. The maximum absolute atomic E-state index is 12.8. The fraction of sp³-hybridized carbons (Fsp3) is 0.571. The summed E-state index contributed by atoms with van der Waals surface area (Å²) in [5.41, 5.74) is 6.24. The van der Waals surface area contributed by atoms with E-state index in [0.717, 1.165) is 19.5 Å². The van der Waals surface area contributed by atoms with Crippen molar-refractivity contribution in [2.45, 2.75) is 30.2 Å². The molecule has 116 valence electrons. The smallest absolute Gasteiger partial charge is 0.244 e. The van der Waals surface area contributed by atoms with Gasteiger partial charge in [-0.25, -0.2) is 8.42 Å². The monoisotopic (exact) mass is 373 g/mol. The largest absolute Gasteiger partial charge is 0.399 e. The molecule has 0 radical (unpaired) electrons. The molecule has 0 aromatic heterocycles. The lowest BCUT2D eigenvalue weighted by Crippen LogP contribution is -2.37. The van der Waals surface area contributed by atoms with Gasteiger partial charge < -0.3 is 5.73 Å². The minimum absolute atomic E-state index is 0.304. The van der Waals surface area contributed by atoms with Crippen LogP contribution in [0, 0.1) is 0 Å². The summed E-state index contributed by atoms with van der Waals surface area (Å²) in [5, 5.41) is 0. The van der Waals surface area contributed by atoms with Gasteiger partial charge in [0.25, 0.3) is 0 Å². The summed E-state index contributed by atoms with van der Waals surface area (Å²) in [5.74, 6) is 0. The molecule has 0 saturated carbocycles. The van der Waals surface area contributed by atoms with Crippen LogP contribution in [0.2, 0.25) is 0 Å². The number of anilines is 1. The number of nitrogens with two attached hydrogens (primary N) is 1. The summed E-state index contributed by atoms with van der Waals surface area (Å²) in [6.45, 7) is 3.40. The fourth-order valence-corrected chi connectivity index (χ4v) is 5.75. The summed E-state index contributed by atoms with van der Waals surface area (Å²) in [6.07, 6.45) is 3.38. The third-order valence-corrected chi connectivity index (χ3v) is 7.20. The lowest BCUT2D eigenvalue weighted by atomic mass is 10.2. The number of hydrogen-bond donors (Lipinski definition) is 1. The van der Waals surface area contributed by atoms with Crippen LogP contribution in [0.1, 0.15) is 19.3 Å². The minimum atomic E-state index is -3.44. The molecule has 1 aromatic carbocycles. The first kappa shape index (κ1) is 15.3. The Bertz CT molecular complexity index is 629. The van der Waals surface area contributed by atoms with Gasteiger partial charge in [0, 0.05) is 29.3 Å². The Morgan fingerprint density at radius 3 is 2.57 bits per heavy atom. The van der Waals surface area contributed by atoms with Crippen LogP contribution in [0.15, 0.2) is 27.6 Å². The molecule has 0 amide bonds. The highest BCUT2D eigenvalue weighted by atomic mass is 79.9. The topological polar surface area (TPSA) is 66.6 Å². The number of nitrogen functional groups attached to an aromatic ring is 1. The molecular weight excluding hydrogens is 354 g/mol. The van der Waals surface area contributed by atoms with Crippen molar-refractivity contribution in [2.24, 2.45) is 0 Å². The van der Waals surface area contributed by atoms with Crippen molar-refractivity contribution >= 4 is 31.6 Å². The molecule has 3 rings (SSSR count). The van der Waals surface area contributed by atoms with Crippen molar-refractivity contribution in [2.75, 3.05) is 31.9 Å². The molecule has 0 aliphatic carbocycles. The summed E-state index contributed by atoms with van der Waals surface area (Å²) < 4.78 is 27.7. The van der Waals surface area contributed by atoms with Crippen molar-refractivity contribution in [1.29, 1.82) is 0 Å². The predicted molar refractivity (Wildman–Crippen MR) is 86.5 cm³/mol. The average Bonchev–Trinajstić information content (AvgIpc) is 3.09. The van der Waals surface area contributed by atoms with Gasteiger partial charge in [-0.3, -0.25) is 4.90 Å². The zero-order chi connectivity index (χ0) is 15.0. The molecule has 1 unspecified atom stereocenters. The van der Waals surface area contributed by atoms with E-state index < -0.39 is 10.0 Å². The molecule has 2 N–H and O–H groups in total. The highest BCUT2D eigenvalue weighted by Crippen LogP contribution is 2.30. The third-order valence-electron chi connectivity index (χ3n) is 4.36. The summed E-state index contributed by atoms with van der Waals surface area (Å²) in [4.78, 5) is 2.73. The van der Waals surface area contributed by atoms with Crippen LogP contribution in [0.4, 0.5) is 5.69 Å². The first-order valence-corrected chi connectivity index (χ1v) is 9.51. The number of rotatable bonds is 3. The lowest BCUT2D eigenvalue weighted by molar-refractivity contribution is 0.251. The zero-order valence-corrected chi connectivity index (χ0v) is 14.2. The Morgan fingerprint density at radius 2 is 1.90 bits per heavy atom. The van der Waals surface area contributed by atoms with Crippen LogP contribution in [0.5, 0.6) is 0 Å². The van der Waals surface area contributed by atoms with Gasteiger partial charge in [-0.1, -0.05) is 0 Å². The van der Waals surface area contributed by atoms with Gasteiger partial charge in [0.05, 0.1) is 4.90 Å². The molecule has 7 heteroatoms. The van der Waals surface area contributed by atoms with E-state index in [0.29, 0.717) is 34.2 Å². The second-order valence-corrected chi connectivity index (χ2v) is 8.50. The quantitative estimate of drug-likeness (QED) is 0.821. The molecular formula is C14H20BrN3O2S.